The third-order valence-electron chi connectivity index (χ3n) is 4.66. The van der Waals surface area contributed by atoms with Crippen molar-refractivity contribution in [3.8, 4) is 5.75 Å². The van der Waals surface area contributed by atoms with Gasteiger partial charge in [0.15, 0.2) is 6.61 Å². The molecule has 166 valence electrons. The third kappa shape index (κ3) is 5.55. The zero-order chi connectivity index (χ0) is 23.4. The monoisotopic (exact) mass is 454 g/mol. The average molecular weight is 455 g/mol. The highest BCUT2D eigenvalue weighted by molar-refractivity contribution is 8.18. The number of aryl methyl sites for hydroxylation is 3. The fraction of sp³-hybridized carbons (Fsp3) is 0.217. The number of benzene rings is 2. The number of carbonyl (C=O) groups excluding carboxylic acids is 3. The lowest BCUT2D eigenvalue weighted by Crippen LogP contribution is -2.36. The molecule has 1 aliphatic heterocycles. The Morgan fingerprint density at radius 2 is 1.72 bits per heavy atom. The molecule has 0 atom stereocenters. The highest BCUT2D eigenvalue weighted by Crippen LogP contribution is 2.32. The lowest BCUT2D eigenvalue weighted by molar-refractivity contribution is -0.139. The van der Waals surface area contributed by atoms with Crippen LogP contribution in [0, 0.1) is 20.8 Å². The molecule has 0 saturated carbocycles. The van der Waals surface area contributed by atoms with Crippen LogP contribution >= 0.6 is 11.8 Å². The largest absolute Gasteiger partial charge is 0.482 e. The summed E-state index contributed by atoms with van der Waals surface area (Å²) < 4.78 is 5.06. The number of thioether (sulfide) groups is 1. The van der Waals surface area contributed by atoms with Gasteiger partial charge in [-0.05, 0) is 67.4 Å². The van der Waals surface area contributed by atoms with Gasteiger partial charge in [-0.15, -0.1) is 0 Å². The molecule has 32 heavy (non-hydrogen) atoms. The van der Waals surface area contributed by atoms with Gasteiger partial charge < -0.3 is 15.2 Å². The van der Waals surface area contributed by atoms with Crippen molar-refractivity contribution in [2.45, 2.75) is 20.8 Å². The molecule has 2 aromatic rings. The number of nitrogens with one attached hydrogen (secondary N) is 1. The Morgan fingerprint density at radius 3 is 2.31 bits per heavy atom. The van der Waals surface area contributed by atoms with Crippen LogP contribution in [0.15, 0.2) is 41.3 Å². The van der Waals surface area contributed by atoms with E-state index in [0.717, 1.165) is 33.4 Å². The molecular formula is C23H22N2O6S. The van der Waals surface area contributed by atoms with Crippen LogP contribution in [0.4, 0.5) is 10.5 Å². The number of hydrogen-bond acceptors (Lipinski definition) is 6. The van der Waals surface area contributed by atoms with E-state index in [1.807, 2.05) is 32.9 Å². The number of aliphatic carboxylic acids is 1. The smallest absolute Gasteiger partial charge is 0.341 e. The van der Waals surface area contributed by atoms with Crippen LogP contribution in [0.3, 0.4) is 0 Å². The fourth-order valence-corrected chi connectivity index (χ4v) is 4.13. The summed E-state index contributed by atoms with van der Waals surface area (Å²) in [4.78, 5) is 49.2. The minimum Gasteiger partial charge on any atom is -0.482 e. The van der Waals surface area contributed by atoms with E-state index in [4.69, 9.17) is 9.84 Å². The second kappa shape index (κ2) is 9.69. The summed E-state index contributed by atoms with van der Waals surface area (Å²) in [6.07, 6.45) is 1.54. The lowest BCUT2D eigenvalue weighted by atomic mass is 10.1. The van der Waals surface area contributed by atoms with Crippen molar-refractivity contribution >= 4 is 46.5 Å². The second-order valence-corrected chi connectivity index (χ2v) is 8.33. The van der Waals surface area contributed by atoms with Crippen LogP contribution < -0.4 is 10.1 Å². The molecular weight excluding hydrogens is 432 g/mol. The van der Waals surface area contributed by atoms with Gasteiger partial charge in [0.25, 0.3) is 11.1 Å². The van der Waals surface area contributed by atoms with Crippen LogP contribution in [-0.4, -0.2) is 46.2 Å². The van der Waals surface area contributed by atoms with Crippen LogP contribution in [-0.2, 0) is 14.4 Å². The summed E-state index contributed by atoms with van der Waals surface area (Å²) >= 11 is 0.761. The molecule has 2 N–H and O–H groups in total. The fourth-order valence-electron chi connectivity index (χ4n) is 3.29. The van der Waals surface area contributed by atoms with Gasteiger partial charge in [-0.1, -0.05) is 29.8 Å². The molecule has 0 aliphatic carbocycles. The van der Waals surface area contributed by atoms with Gasteiger partial charge >= 0.3 is 5.97 Å². The van der Waals surface area contributed by atoms with Crippen molar-refractivity contribution in [3.63, 3.8) is 0 Å². The van der Waals surface area contributed by atoms with E-state index in [9.17, 15) is 19.2 Å². The molecule has 2 aromatic carbocycles. The van der Waals surface area contributed by atoms with Crippen molar-refractivity contribution in [1.29, 1.82) is 0 Å². The summed E-state index contributed by atoms with van der Waals surface area (Å²) in [5, 5.41) is 10.9. The van der Waals surface area contributed by atoms with Gasteiger partial charge in [-0.2, -0.15) is 0 Å². The van der Waals surface area contributed by atoms with Crippen molar-refractivity contribution in [2.24, 2.45) is 0 Å². The maximum Gasteiger partial charge on any atom is 0.341 e. The summed E-state index contributed by atoms with van der Waals surface area (Å²) in [5.41, 5.74) is 4.19. The van der Waals surface area contributed by atoms with Gasteiger partial charge in [0, 0.05) is 5.69 Å². The number of imide groups is 1. The highest BCUT2D eigenvalue weighted by atomic mass is 32.2. The topological polar surface area (TPSA) is 113 Å². The minimum absolute atomic E-state index is 0.199. The Balaban J connectivity index is 1.67. The summed E-state index contributed by atoms with van der Waals surface area (Å²) in [7, 11) is 0. The molecule has 0 unspecified atom stereocenters. The van der Waals surface area contributed by atoms with Crippen molar-refractivity contribution in [1.82, 2.24) is 4.90 Å². The standard InChI is InChI=1S/C23H22N2O6S/c1-13-8-14(2)21(15(3)9-13)24-19(26)11-25-22(29)18(32-23(25)30)10-16-4-6-17(7-5-16)31-12-20(27)28/h4-10H,11-12H2,1-3H3,(H,24,26)(H,27,28)/b18-10+. The number of anilines is 1. The number of carbonyl (C=O) groups is 4. The summed E-state index contributed by atoms with van der Waals surface area (Å²) in [6.45, 7) is 4.90. The molecule has 1 heterocycles. The predicted molar refractivity (Wildman–Crippen MR) is 122 cm³/mol. The Hall–Kier alpha value is -3.59. The average Bonchev–Trinajstić information content (AvgIpc) is 2.97. The number of carboxylic acids is 1. The van der Waals surface area contributed by atoms with E-state index in [2.05, 4.69) is 5.32 Å². The number of nitrogens with zero attached hydrogens (tertiary/aromatic N) is 1. The Kier molecular flexibility index (Phi) is 6.99. The first-order valence-corrected chi connectivity index (χ1v) is 10.5. The van der Waals surface area contributed by atoms with E-state index in [-0.39, 0.29) is 11.4 Å². The first-order chi connectivity index (χ1) is 15.1. The van der Waals surface area contributed by atoms with Crippen LogP contribution in [0.5, 0.6) is 5.75 Å². The number of amides is 3. The zero-order valence-electron chi connectivity index (χ0n) is 17.8. The van der Waals surface area contributed by atoms with Crippen molar-refractivity contribution in [3.05, 3.63) is 63.6 Å². The number of ether oxygens (including phenoxy) is 1. The normalized spacial score (nSPS) is 14.7. The molecule has 1 fully saturated rings. The van der Waals surface area contributed by atoms with Gasteiger partial charge in [0.1, 0.15) is 12.3 Å². The van der Waals surface area contributed by atoms with E-state index in [1.54, 1.807) is 24.3 Å². The number of carboxylic acid groups (broad SMARTS) is 1. The Bertz CT molecular complexity index is 1100. The molecule has 0 aromatic heterocycles. The van der Waals surface area contributed by atoms with Crippen molar-refractivity contribution in [2.75, 3.05) is 18.5 Å². The molecule has 0 spiro atoms. The molecule has 0 bridgehead atoms. The third-order valence-corrected chi connectivity index (χ3v) is 5.56. The molecule has 9 heteroatoms. The molecule has 8 nitrogen and oxygen atoms in total. The SMILES string of the molecule is Cc1cc(C)c(NC(=O)CN2C(=O)S/C(=C/c3ccc(OCC(=O)O)cc3)C2=O)c(C)c1. The number of rotatable bonds is 7. The van der Waals surface area contributed by atoms with Gasteiger partial charge in [-0.25, -0.2) is 4.79 Å². The summed E-state index contributed by atoms with van der Waals surface area (Å²) in [5.74, 6) is -1.71. The molecule has 1 saturated heterocycles. The first kappa shape index (κ1) is 23.1. The van der Waals surface area contributed by atoms with Crippen LogP contribution in [0.25, 0.3) is 6.08 Å². The van der Waals surface area contributed by atoms with Crippen molar-refractivity contribution < 1.29 is 29.0 Å². The highest BCUT2D eigenvalue weighted by Gasteiger charge is 2.36. The number of hydrogen-bond donors (Lipinski definition) is 2. The second-order valence-electron chi connectivity index (χ2n) is 7.34. The van der Waals surface area contributed by atoms with E-state index in [1.165, 1.54) is 6.08 Å². The summed E-state index contributed by atoms with van der Waals surface area (Å²) in [6, 6.07) is 10.3. The first-order valence-electron chi connectivity index (χ1n) is 9.72. The quantitative estimate of drug-likeness (QED) is 0.613. The molecule has 1 aliphatic rings. The van der Waals surface area contributed by atoms with E-state index >= 15 is 0 Å². The Morgan fingerprint density at radius 1 is 1.09 bits per heavy atom. The van der Waals surface area contributed by atoms with E-state index in [0.29, 0.717) is 17.0 Å². The molecule has 3 rings (SSSR count). The predicted octanol–water partition coefficient (Wildman–Crippen LogP) is 3.75. The van der Waals surface area contributed by atoms with Gasteiger partial charge in [-0.3, -0.25) is 19.3 Å². The maximum atomic E-state index is 12.7. The van der Waals surface area contributed by atoms with E-state index < -0.39 is 29.6 Å². The lowest BCUT2D eigenvalue weighted by Gasteiger charge is -2.15. The maximum absolute atomic E-state index is 12.7. The zero-order valence-corrected chi connectivity index (χ0v) is 18.6. The van der Waals surface area contributed by atoms with Crippen LogP contribution in [0.2, 0.25) is 0 Å². The minimum atomic E-state index is -1.08. The Labute approximate surface area is 189 Å². The van der Waals surface area contributed by atoms with Gasteiger partial charge in [0.05, 0.1) is 4.91 Å². The van der Waals surface area contributed by atoms with Crippen LogP contribution in [0.1, 0.15) is 22.3 Å². The van der Waals surface area contributed by atoms with Gasteiger partial charge in [0.2, 0.25) is 5.91 Å². The molecule has 0 radical (unpaired) electrons. The molecule has 3 amide bonds.